The molecule has 3 heterocycles. The number of hydrogen-bond donors (Lipinski definition) is 3. The van der Waals surface area contributed by atoms with E-state index in [4.69, 9.17) is 14.3 Å². The Kier molecular flexibility index (Phi) is 9.00. The molecular weight excluding hydrogens is 486 g/mol. The summed E-state index contributed by atoms with van der Waals surface area (Å²) in [6, 6.07) is 7.81. The first-order chi connectivity index (χ1) is 17.9. The van der Waals surface area contributed by atoms with Crippen LogP contribution in [0.25, 0.3) is 0 Å². The number of benzene rings is 1. The molecule has 12 heteroatoms. The van der Waals surface area contributed by atoms with Gasteiger partial charge in [0.05, 0.1) is 24.3 Å². The zero-order valence-corrected chi connectivity index (χ0v) is 20.3. The van der Waals surface area contributed by atoms with Crippen LogP contribution in [0.5, 0.6) is 0 Å². The molecule has 0 unspecified atom stereocenters. The van der Waals surface area contributed by atoms with Crippen molar-refractivity contribution < 1.29 is 34.1 Å². The lowest BCUT2D eigenvalue weighted by Crippen LogP contribution is -2.39. The average Bonchev–Trinajstić information content (AvgIpc) is 3.33. The van der Waals surface area contributed by atoms with Crippen molar-refractivity contribution >= 4 is 11.8 Å². The molecule has 1 saturated heterocycles. The maximum atomic E-state index is 12.3. The maximum absolute atomic E-state index is 12.3. The summed E-state index contributed by atoms with van der Waals surface area (Å²) in [6.07, 6.45) is 2.41. The van der Waals surface area contributed by atoms with Crippen LogP contribution >= 0.6 is 0 Å². The molecule has 1 fully saturated rings. The predicted molar refractivity (Wildman–Crippen MR) is 129 cm³/mol. The van der Waals surface area contributed by atoms with Crippen molar-refractivity contribution in [3.63, 3.8) is 0 Å². The van der Waals surface area contributed by atoms with Crippen molar-refractivity contribution in [1.82, 2.24) is 14.6 Å². The lowest BCUT2D eigenvalue weighted by molar-refractivity contribution is -0.0923. The van der Waals surface area contributed by atoms with Gasteiger partial charge in [0.15, 0.2) is 6.23 Å². The van der Waals surface area contributed by atoms with Gasteiger partial charge in [-0.15, -0.1) is 5.06 Å². The molecule has 0 radical (unpaired) electrons. The van der Waals surface area contributed by atoms with Gasteiger partial charge in [0.2, 0.25) is 0 Å². The number of aliphatic hydroxyl groups excluding tert-OH is 2. The second-order valence-electron chi connectivity index (χ2n) is 9.00. The average molecular weight is 518 g/mol. The lowest BCUT2D eigenvalue weighted by atomic mass is 10.1. The monoisotopic (exact) mass is 517 g/mol. The van der Waals surface area contributed by atoms with Crippen LogP contribution in [0.3, 0.4) is 0 Å². The number of H-pyrrole nitrogens is 1. The molecule has 2 amide bonds. The number of nitrogens with zero attached hydrogens (tertiary/aromatic N) is 2. The number of nitrogens with one attached hydrogen (secondary N) is 1. The third-order valence-corrected chi connectivity index (χ3v) is 6.44. The molecule has 2 aliphatic heterocycles. The Labute approximate surface area is 212 Å². The van der Waals surface area contributed by atoms with E-state index in [9.17, 15) is 29.4 Å². The maximum Gasteiger partial charge on any atom is 0.330 e. The van der Waals surface area contributed by atoms with E-state index < -0.39 is 54.2 Å². The number of amides is 2. The minimum atomic E-state index is -1.13. The number of aromatic amines is 1. The molecule has 0 bridgehead atoms. The SMILES string of the molecule is O=C1c2ccccc2C(=O)N1OCCCCCCCCO[C@@H]1[C@H](O)[C@@H](CO)O[C@H]1n1ccc(=O)[nH]c1=O. The summed E-state index contributed by atoms with van der Waals surface area (Å²) < 4.78 is 12.6. The fourth-order valence-corrected chi connectivity index (χ4v) is 4.47. The number of carbonyl (C=O) groups is 2. The number of aliphatic hydroxyl groups is 2. The molecule has 4 atom stereocenters. The largest absolute Gasteiger partial charge is 0.394 e. The molecule has 12 nitrogen and oxygen atoms in total. The number of rotatable bonds is 13. The quantitative estimate of drug-likeness (QED) is 0.257. The van der Waals surface area contributed by atoms with Crippen LogP contribution in [0.15, 0.2) is 46.1 Å². The zero-order valence-electron chi connectivity index (χ0n) is 20.3. The molecule has 1 aromatic heterocycles. The molecule has 2 aliphatic rings. The van der Waals surface area contributed by atoms with Crippen LogP contribution in [0.2, 0.25) is 0 Å². The number of imide groups is 1. The Morgan fingerprint density at radius 2 is 1.51 bits per heavy atom. The van der Waals surface area contributed by atoms with Crippen LogP contribution in [0, 0.1) is 0 Å². The van der Waals surface area contributed by atoms with Gasteiger partial charge in [-0.05, 0) is 25.0 Å². The fraction of sp³-hybridized carbons (Fsp3) is 0.520. The molecule has 3 N–H and O–H groups in total. The first kappa shape index (κ1) is 26.9. The molecule has 2 aromatic rings. The van der Waals surface area contributed by atoms with Gasteiger partial charge < -0.3 is 19.7 Å². The summed E-state index contributed by atoms with van der Waals surface area (Å²) in [5.41, 5.74) is -0.527. The van der Waals surface area contributed by atoms with Crippen molar-refractivity contribution in [2.24, 2.45) is 0 Å². The summed E-state index contributed by atoms with van der Waals surface area (Å²) in [5.74, 6) is -0.868. The van der Waals surface area contributed by atoms with Gasteiger partial charge in [-0.3, -0.25) is 28.8 Å². The molecular formula is C25H31N3O9. The van der Waals surface area contributed by atoms with Crippen molar-refractivity contribution in [3.8, 4) is 0 Å². The van der Waals surface area contributed by atoms with Crippen LogP contribution in [0.4, 0.5) is 0 Å². The second kappa shape index (κ2) is 12.4. The van der Waals surface area contributed by atoms with E-state index in [1.54, 1.807) is 24.3 Å². The normalized spacial score (nSPS) is 23.1. The van der Waals surface area contributed by atoms with Crippen molar-refractivity contribution in [1.29, 1.82) is 0 Å². The molecule has 37 heavy (non-hydrogen) atoms. The Bertz CT molecular complexity index is 1180. The third-order valence-electron chi connectivity index (χ3n) is 6.44. The van der Waals surface area contributed by atoms with E-state index in [0.29, 0.717) is 30.6 Å². The van der Waals surface area contributed by atoms with Crippen LogP contribution in [0.1, 0.15) is 65.5 Å². The minimum Gasteiger partial charge on any atom is -0.394 e. The smallest absolute Gasteiger partial charge is 0.330 e. The molecule has 0 saturated carbocycles. The van der Waals surface area contributed by atoms with Gasteiger partial charge in [-0.1, -0.05) is 37.8 Å². The highest BCUT2D eigenvalue weighted by Crippen LogP contribution is 2.31. The van der Waals surface area contributed by atoms with E-state index in [2.05, 4.69) is 4.98 Å². The number of hydrogen-bond acceptors (Lipinski definition) is 9. The summed E-state index contributed by atoms with van der Waals surface area (Å²) in [7, 11) is 0. The Morgan fingerprint density at radius 3 is 2.14 bits per heavy atom. The highest BCUT2D eigenvalue weighted by molar-refractivity contribution is 6.20. The minimum absolute atomic E-state index is 0.270. The first-order valence-corrected chi connectivity index (χ1v) is 12.4. The van der Waals surface area contributed by atoms with E-state index >= 15 is 0 Å². The fourth-order valence-electron chi connectivity index (χ4n) is 4.47. The molecule has 1 aromatic carbocycles. The van der Waals surface area contributed by atoms with E-state index in [0.717, 1.165) is 35.3 Å². The second-order valence-corrected chi connectivity index (χ2v) is 9.00. The Morgan fingerprint density at radius 1 is 0.892 bits per heavy atom. The standard InChI is InChI=1S/C25H31N3O9/c29-15-18-20(31)21(24(37-18)27-12-11-19(30)26-25(27)34)35-13-7-3-1-2-4-8-14-36-28-22(32)16-9-5-6-10-17(16)23(28)33/h5-6,9-12,18,20-21,24,29,31H,1-4,7-8,13-15H2,(H,26,30,34)/t18-,20-,21-,24-/m1/s1. The Hall–Kier alpha value is -3.16. The number of aromatic nitrogens is 2. The van der Waals surface area contributed by atoms with Crippen molar-refractivity contribution in [2.45, 2.75) is 63.1 Å². The van der Waals surface area contributed by atoms with Gasteiger partial charge >= 0.3 is 5.69 Å². The Balaban J connectivity index is 1.12. The van der Waals surface area contributed by atoms with Gasteiger partial charge in [0.25, 0.3) is 17.4 Å². The first-order valence-electron chi connectivity index (χ1n) is 12.4. The lowest BCUT2D eigenvalue weighted by Gasteiger charge is -2.22. The summed E-state index contributed by atoms with van der Waals surface area (Å²) in [6.45, 7) is 0.152. The van der Waals surface area contributed by atoms with Crippen LogP contribution in [-0.4, -0.2) is 74.8 Å². The van der Waals surface area contributed by atoms with Crippen LogP contribution < -0.4 is 11.2 Å². The topological polar surface area (TPSA) is 160 Å². The third kappa shape index (κ3) is 6.05. The number of fused-ring (bicyclic) bond motifs is 1. The van der Waals surface area contributed by atoms with E-state index in [1.165, 1.54) is 12.3 Å². The number of unbranched alkanes of at least 4 members (excludes halogenated alkanes) is 5. The molecule has 4 rings (SSSR count). The highest BCUT2D eigenvalue weighted by atomic mass is 16.7. The summed E-state index contributed by atoms with van der Waals surface area (Å²) in [5, 5.41) is 20.7. The van der Waals surface area contributed by atoms with Crippen molar-refractivity contribution in [3.05, 3.63) is 68.5 Å². The number of ether oxygens (including phenoxy) is 2. The van der Waals surface area contributed by atoms with Crippen molar-refractivity contribution in [2.75, 3.05) is 19.8 Å². The van der Waals surface area contributed by atoms with E-state index in [1.807, 2.05) is 0 Å². The van der Waals surface area contributed by atoms with E-state index in [-0.39, 0.29) is 6.61 Å². The van der Waals surface area contributed by atoms with Crippen LogP contribution in [-0.2, 0) is 14.3 Å². The zero-order chi connectivity index (χ0) is 26.4. The predicted octanol–water partition coefficient (Wildman–Crippen LogP) is 0.741. The van der Waals surface area contributed by atoms with Gasteiger partial charge in [-0.2, -0.15) is 0 Å². The number of carbonyl (C=O) groups excluding carboxylic acids is 2. The summed E-state index contributed by atoms with van der Waals surface area (Å²) >= 11 is 0. The van der Waals surface area contributed by atoms with Gasteiger partial charge in [0, 0.05) is 18.9 Å². The molecule has 0 aliphatic carbocycles. The molecule has 0 spiro atoms. The van der Waals surface area contributed by atoms with Gasteiger partial charge in [0.1, 0.15) is 18.3 Å². The summed E-state index contributed by atoms with van der Waals surface area (Å²) in [4.78, 5) is 55.6. The number of hydroxylamine groups is 2. The van der Waals surface area contributed by atoms with Gasteiger partial charge in [-0.25, -0.2) is 4.79 Å². The molecule has 200 valence electrons. The highest BCUT2D eigenvalue weighted by Gasteiger charge is 2.45.